The Hall–Kier alpha value is -2.19. The lowest BCUT2D eigenvalue weighted by atomic mass is 9.87. The van der Waals surface area contributed by atoms with Crippen LogP contribution in [-0.2, 0) is 9.59 Å². The van der Waals surface area contributed by atoms with Crippen molar-refractivity contribution in [3.05, 3.63) is 24.0 Å². The van der Waals surface area contributed by atoms with E-state index in [9.17, 15) is 14.0 Å². The van der Waals surface area contributed by atoms with Gasteiger partial charge in [-0.05, 0) is 39.3 Å². The number of piperidine rings is 1. The second kappa shape index (κ2) is 8.05. The van der Waals surface area contributed by atoms with E-state index in [0.29, 0.717) is 30.1 Å². The highest BCUT2D eigenvalue weighted by molar-refractivity contribution is 5.93. The molecule has 154 valence electrons. The lowest BCUT2D eigenvalue weighted by molar-refractivity contribution is -0.134. The van der Waals surface area contributed by atoms with Crippen molar-refractivity contribution < 1.29 is 18.7 Å². The van der Waals surface area contributed by atoms with Crippen molar-refractivity contribution in [3.63, 3.8) is 0 Å². The Morgan fingerprint density at radius 3 is 2.46 bits per heavy atom. The van der Waals surface area contributed by atoms with Crippen LogP contribution >= 0.6 is 0 Å². The topological polar surface area (TPSA) is 73.9 Å². The van der Waals surface area contributed by atoms with Gasteiger partial charge in [0.2, 0.25) is 11.8 Å². The summed E-state index contributed by atoms with van der Waals surface area (Å²) in [5.41, 5.74) is 0.0919. The van der Waals surface area contributed by atoms with Crippen LogP contribution < -0.4 is 15.4 Å². The monoisotopic (exact) mass is 392 g/mol. The van der Waals surface area contributed by atoms with Gasteiger partial charge in [-0.2, -0.15) is 0 Å². The number of nitrogens with one attached hydrogen (secondary N) is 2. The molecule has 28 heavy (non-hydrogen) atoms. The minimum absolute atomic E-state index is 0.0339. The van der Waals surface area contributed by atoms with Gasteiger partial charge < -0.3 is 15.4 Å². The first-order valence-corrected chi connectivity index (χ1v) is 9.57. The van der Waals surface area contributed by atoms with Crippen LogP contribution in [0.2, 0.25) is 0 Å². The quantitative estimate of drug-likeness (QED) is 0.767. The van der Waals surface area contributed by atoms with Gasteiger partial charge in [0.1, 0.15) is 11.6 Å². The normalized spacial score (nSPS) is 22.3. The first-order valence-electron chi connectivity index (χ1n) is 9.57. The van der Waals surface area contributed by atoms with Crippen LogP contribution in [-0.4, -0.2) is 72.5 Å². The smallest absolute Gasteiger partial charge is 0.238 e. The average molecular weight is 392 g/mol. The van der Waals surface area contributed by atoms with E-state index in [0.717, 1.165) is 19.5 Å². The molecule has 1 aromatic rings. The summed E-state index contributed by atoms with van der Waals surface area (Å²) in [7, 11) is 1.48. The van der Waals surface area contributed by atoms with Gasteiger partial charge in [-0.25, -0.2) is 4.39 Å². The molecule has 1 aromatic carbocycles. The fraction of sp³-hybridized carbons (Fsp3) is 0.600. The summed E-state index contributed by atoms with van der Waals surface area (Å²) < 4.78 is 18.6. The molecular weight excluding hydrogens is 363 g/mol. The summed E-state index contributed by atoms with van der Waals surface area (Å²) >= 11 is 0. The predicted octanol–water partition coefficient (Wildman–Crippen LogP) is 1.45. The Balaban J connectivity index is 1.49. The Morgan fingerprint density at radius 2 is 1.86 bits per heavy atom. The zero-order valence-corrected chi connectivity index (χ0v) is 16.9. The molecule has 2 unspecified atom stereocenters. The molecule has 0 radical (unpaired) electrons. The molecule has 2 bridgehead atoms. The zero-order chi connectivity index (χ0) is 20.5. The largest absolute Gasteiger partial charge is 0.495 e. The third-order valence-electron chi connectivity index (χ3n) is 5.06. The minimum Gasteiger partial charge on any atom is -0.495 e. The standard InChI is InChI=1S/C20H29FN4O3/c1-20(2,3)23-19(27)12-25-14-8-15(25)10-24(9-14)11-18(26)22-16-7-13(21)5-6-17(16)28-4/h5-7,14-15H,8-12H2,1-4H3,(H,22,26)(H,23,27). The van der Waals surface area contributed by atoms with E-state index >= 15 is 0 Å². The van der Waals surface area contributed by atoms with Crippen LogP contribution in [0, 0.1) is 5.82 Å². The molecule has 3 aliphatic rings. The molecule has 3 heterocycles. The molecular formula is C20H29FN4O3. The summed E-state index contributed by atoms with van der Waals surface area (Å²) in [6.07, 6.45) is 1.05. The molecule has 2 N–H and O–H groups in total. The Bertz CT molecular complexity index is 737. The Morgan fingerprint density at radius 1 is 1.18 bits per heavy atom. The molecule has 0 aromatic heterocycles. The maximum Gasteiger partial charge on any atom is 0.238 e. The van der Waals surface area contributed by atoms with Crippen molar-refractivity contribution >= 4 is 17.5 Å². The van der Waals surface area contributed by atoms with Gasteiger partial charge in [-0.15, -0.1) is 0 Å². The molecule has 3 saturated heterocycles. The van der Waals surface area contributed by atoms with E-state index in [1.54, 1.807) is 0 Å². The van der Waals surface area contributed by atoms with E-state index in [1.165, 1.54) is 25.3 Å². The molecule has 0 aliphatic carbocycles. The zero-order valence-electron chi connectivity index (χ0n) is 16.9. The van der Waals surface area contributed by atoms with E-state index in [1.807, 2.05) is 20.8 Å². The van der Waals surface area contributed by atoms with Crippen LogP contribution in [0.15, 0.2) is 18.2 Å². The van der Waals surface area contributed by atoms with E-state index < -0.39 is 5.82 Å². The second-order valence-electron chi connectivity index (χ2n) is 8.60. The predicted molar refractivity (Wildman–Crippen MR) is 105 cm³/mol. The molecule has 2 atom stereocenters. The van der Waals surface area contributed by atoms with Gasteiger partial charge in [0.15, 0.2) is 0 Å². The number of methoxy groups -OCH3 is 1. The Labute approximate surface area is 165 Å². The summed E-state index contributed by atoms with van der Waals surface area (Å²) in [4.78, 5) is 28.9. The number of piperazine rings is 1. The number of halogens is 1. The lowest BCUT2D eigenvalue weighted by Crippen LogP contribution is -2.70. The number of carbonyl (C=O) groups excluding carboxylic acids is 2. The van der Waals surface area contributed by atoms with Crippen molar-refractivity contribution in [2.45, 2.75) is 44.8 Å². The van der Waals surface area contributed by atoms with Gasteiger partial charge in [0, 0.05) is 36.8 Å². The van der Waals surface area contributed by atoms with Gasteiger partial charge in [0.05, 0.1) is 25.9 Å². The second-order valence-corrected chi connectivity index (χ2v) is 8.60. The van der Waals surface area contributed by atoms with Crippen molar-refractivity contribution in [2.24, 2.45) is 0 Å². The van der Waals surface area contributed by atoms with Crippen LogP contribution in [0.25, 0.3) is 0 Å². The average Bonchev–Trinajstić information content (AvgIpc) is 2.58. The minimum atomic E-state index is -0.431. The van der Waals surface area contributed by atoms with Gasteiger partial charge in [-0.3, -0.25) is 19.4 Å². The number of benzene rings is 1. The fourth-order valence-electron chi connectivity index (χ4n) is 3.96. The summed E-state index contributed by atoms with van der Waals surface area (Å²) in [6, 6.07) is 4.61. The van der Waals surface area contributed by atoms with Gasteiger partial charge in [0.25, 0.3) is 0 Å². The highest BCUT2D eigenvalue weighted by Crippen LogP contribution is 2.32. The van der Waals surface area contributed by atoms with Crippen LogP contribution in [0.4, 0.5) is 10.1 Å². The van der Waals surface area contributed by atoms with E-state index in [4.69, 9.17) is 4.74 Å². The third kappa shape index (κ3) is 4.99. The number of nitrogens with zero attached hydrogens (tertiary/aromatic N) is 2. The summed E-state index contributed by atoms with van der Waals surface area (Å²) in [5.74, 6) is -0.180. The van der Waals surface area contributed by atoms with Crippen LogP contribution in [0.3, 0.4) is 0 Å². The highest BCUT2D eigenvalue weighted by Gasteiger charge is 2.45. The molecule has 0 saturated carbocycles. The van der Waals surface area contributed by atoms with Crippen molar-refractivity contribution in [1.82, 2.24) is 15.1 Å². The van der Waals surface area contributed by atoms with Crippen LogP contribution in [0.1, 0.15) is 27.2 Å². The third-order valence-corrected chi connectivity index (χ3v) is 5.06. The van der Waals surface area contributed by atoms with Crippen molar-refractivity contribution in [3.8, 4) is 5.75 Å². The molecule has 4 rings (SSSR count). The number of fused-ring (bicyclic) bond motifs is 2. The Kier molecular flexibility index (Phi) is 5.90. The van der Waals surface area contributed by atoms with Crippen LogP contribution in [0.5, 0.6) is 5.75 Å². The number of anilines is 1. The molecule has 3 fully saturated rings. The molecule has 8 heteroatoms. The number of ether oxygens (including phenoxy) is 1. The maximum atomic E-state index is 13.4. The summed E-state index contributed by atoms with van der Waals surface area (Å²) in [6.45, 7) is 8.02. The maximum absolute atomic E-state index is 13.4. The molecule has 7 nitrogen and oxygen atoms in total. The number of hydrogen-bond donors (Lipinski definition) is 2. The van der Waals surface area contributed by atoms with Gasteiger partial charge in [-0.1, -0.05) is 0 Å². The van der Waals surface area contributed by atoms with E-state index in [2.05, 4.69) is 20.4 Å². The SMILES string of the molecule is COc1ccc(F)cc1NC(=O)CN1CC2CC(C1)N2CC(=O)NC(C)(C)C. The van der Waals surface area contributed by atoms with Gasteiger partial charge >= 0.3 is 0 Å². The van der Waals surface area contributed by atoms with Crippen molar-refractivity contribution in [1.29, 1.82) is 0 Å². The number of rotatable bonds is 6. The highest BCUT2D eigenvalue weighted by atomic mass is 19.1. The lowest BCUT2D eigenvalue weighted by Gasteiger charge is -2.56. The summed E-state index contributed by atoms with van der Waals surface area (Å²) in [5, 5.41) is 5.72. The number of amides is 2. The van der Waals surface area contributed by atoms with Crippen molar-refractivity contribution in [2.75, 3.05) is 38.6 Å². The first kappa shape index (κ1) is 20.5. The van der Waals surface area contributed by atoms with E-state index in [-0.39, 0.29) is 23.9 Å². The molecule has 0 spiro atoms. The molecule has 2 amide bonds. The fourth-order valence-corrected chi connectivity index (χ4v) is 3.96. The number of carbonyl (C=O) groups is 2. The first-order chi connectivity index (χ1) is 13.1. The molecule has 3 aliphatic heterocycles. The number of hydrogen-bond acceptors (Lipinski definition) is 5.